The first-order chi connectivity index (χ1) is 6.19. The van der Waals surface area contributed by atoms with Gasteiger partial charge < -0.3 is 5.43 Å². The van der Waals surface area contributed by atoms with Crippen molar-refractivity contribution in [2.75, 3.05) is 7.05 Å². The molecule has 0 saturated carbocycles. The van der Waals surface area contributed by atoms with Crippen LogP contribution >= 0.6 is 11.6 Å². The fourth-order valence-corrected chi connectivity index (χ4v) is 1.19. The largest absolute Gasteiger partial charge is 0.308 e. The summed E-state index contributed by atoms with van der Waals surface area (Å²) in [7, 11) is 1.68. The Labute approximate surface area is 82.6 Å². The van der Waals surface area contributed by atoms with Gasteiger partial charge in [0.15, 0.2) is 0 Å². The van der Waals surface area contributed by atoms with Crippen LogP contribution in [0.15, 0.2) is 23.2 Å². The average Bonchev–Trinajstić information content (AvgIpc) is 2.13. The van der Waals surface area contributed by atoms with E-state index in [-0.39, 0.29) is 0 Å². The van der Waals surface area contributed by atoms with Crippen LogP contribution in [0.3, 0.4) is 0 Å². The number of halogens is 1. The highest BCUT2D eigenvalue weighted by Gasteiger charge is 2.02. The second-order valence-electron chi connectivity index (χ2n) is 2.68. The van der Waals surface area contributed by atoms with Crippen LogP contribution in [-0.2, 0) is 0 Å². The standard InChI is InChI=1S/C9H12ClN3/c1-6-5-7(3-4-8(6)10)9(12-2)13-11/h3-5H,11H2,1-2H3,(H,12,13). The lowest BCUT2D eigenvalue weighted by Gasteiger charge is -2.06. The van der Waals surface area contributed by atoms with Crippen molar-refractivity contribution in [3.8, 4) is 0 Å². The molecule has 0 heterocycles. The average molecular weight is 198 g/mol. The summed E-state index contributed by atoms with van der Waals surface area (Å²) < 4.78 is 0. The van der Waals surface area contributed by atoms with Crippen LogP contribution in [0, 0.1) is 6.92 Å². The smallest absolute Gasteiger partial charge is 0.142 e. The number of nitrogens with zero attached hydrogens (tertiary/aromatic N) is 1. The molecule has 4 heteroatoms. The molecule has 0 aliphatic heterocycles. The molecule has 0 fully saturated rings. The maximum atomic E-state index is 5.88. The number of aliphatic imine (C=N–C) groups is 1. The fourth-order valence-electron chi connectivity index (χ4n) is 1.07. The SMILES string of the molecule is CN=C(NN)c1ccc(Cl)c(C)c1. The van der Waals surface area contributed by atoms with Gasteiger partial charge in [0.1, 0.15) is 5.84 Å². The number of amidine groups is 1. The second kappa shape index (κ2) is 4.25. The van der Waals surface area contributed by atoms with Crippen LogP contribution < -0.4 is 11.3 Å². The van der Waals surface area contributed by atoms with Crippen LogP contribution in [0.4, 0.5) is 0 Å². The molecule has 3 N–H and O–H groups in total. The Balaban J connectivity index is 3.10. The number of hydrogen-bond donors (Lipinski definition) is 2. The number of benzene rings is 1. The summed E-state index contributed by atoms with van der Waals surface area (Å²) >= 11 is 5.88. The molecule has 0 amide bonds. The van der Waals surface area contributed by atoms with E-state index in [2.05, 4.69) is 10.4 Å². The number of hydrogen-bond acceptors (Lipinski definition) is 2. The summed E-state index contributed by atoms with van der Waals surface area (Å²) in [6.45, 7) is 1.94. The van der Waals surface area contributed by atoms with Crippen LogP contribution in [0.2, 0.25) is 5.02 Å². The number of rotatable bonds is 1. The van der Waals surface area contributed by atoms with Crippen molar-refractivity contribution in [3.63, 3.8) is 0 Å². The van der Waals surface area contributed by atoms with Gasteiger partial charge >= 0.3 is 0 Å². The molecule has 0 aliphatic carbocycles. The van der Waals surface area contributed by atoms with Gasteiger partial charge in [-0.3, -0.25) is 4.99 Å². The zero-order valence-electron chi connectivity index (χ0n) is 7.63. The molecule has 13 heavy (non-hydrogen) atoms. The quantitative estimate of drug-likeness (QED) is 0.310. The molecule has 3 nitrogen and oxygen atoms in total. The highest BCUT2D eigenvalue weighted by Crippen LogP contribution is 2.16. The molecular weight excluding hydrogens is 186 g/mol. The van der Waals surface area contributed by atoms with Gasteiger partial charge in [-0.25, -0.2) is 5.84 Å². The third kappa shape index (κ3) is 2.20. The van der Waals surface area contributed by atoms with Gasteiger partial charge in [0.05, 0.1) is 0 Å². The molecule has 0 atom stereocenters. The van der Waals surface area contributed by atoms with Gasteiger partial charge in [0, 0.05) is 17.6 Å². The van der Waals surface area contributed by atoms with Gasteiger partial charge in [-0.2, -0.15) is 0 Å². The van der Waals surface area contributed by atoms with E-state index in [4.69, 9.17) is 17.4 Å². The van der Waals surface area contributed by atoms with Crippen LogP contribution in [-0.4, -0.2) is 12.9 Å². The molecule has 0 radical (unpaired) electrons. The van der Waals surface area contributed by atoms with Crippen molar-refractivity contribution in [2.45, 2.75) is 6.92 Å². The summed E-state index contributed by atoms with van der Waals surface area (Å²) in [4.78, 5) is 3.99. The van der Waals surface area contributed by atoms with Crippen molar-refractivity contribution in [1.82, 2.24) is 5.43 Å². The summed E-state index contributed by atoms with van der Waals surface area (Å²) in [5.74, 6) is 5.94. The second-order valence-corrected chi connectivity index (χ2v) is 3.09. The predicted molar refractivity (Wildman–Crippen MR) is 56.0 cm³/mol. The Morgan fingerprint density at radius 2 is 2.23 bits per heavy atom. The molecule has 0 unspecified atom stereocenters. The van der Waals surface area contributed by atoms with E-state index in [9.17, 15) is 0 Å². The minimum atomic E-state index is 0.653. The van der Waals surface area contributed by atoms with Crippen LogP contribution in [0.25, 0.3) is 0 Å². The minimum absolute atomic E-state index is 0.653. The lowest BCUT2D eigenvalue weighted by molar-refractivity contribution is 1.02. The molecule has 1 aromatic carbocycles. The van der Waals surface area contributed by atoms with Gasteiger partial charge in [0.2, 0.25) is 0 Å². The van der Waals surface area contributed by atoms with Crippen molar-refractivity contribution in [1.29, 1.82) is 0 Å². The zero-order valence-corrected chi connectivity index (χ0v) is 8.39. The van der Waals surface area contributed by atoms with Gasteiger partial charge in [-0.05, 0) is 30.7 Å². The first-order valence-electron chi connectivity index (χ1n) is 3.89. The molecule has 0 aliphatic rings. The Kier molecular flexibility index (Phi) is 3.28. The summed E-state index contributed by atoms with van der Waals surface area (Å²) in [6.07, 6.45) is 0. The monoisotopic (exact) mass is 197 g/mol. The van der Waals surface area contributed by atoms with E-state index in [1.54, 1.807) is 7.05 Å². The lowest BCUT2D eigenvalue weighted by atomic mass is 10.1. The maximum absolute atomic E-state index is 5.88. The molecular formula is C9H12ClN3. The minimum Gasteiger partial charge on any atom is -0.308 e. The topological polar surface area (TPSA) is 50.4 Å². The summed E-state index contributed by atoms with van der Waals surface area (Å²) in [5, 5.41) is 0.747. The third-order valence-electron chi connectivity index (χ3n) is 1.79. The molecule has 0 bridgehead atoms. The fraction of sp³-hybridized carbons (Fsp3) is 0.222. The predicted octanol–water partition coefficient (Wildman–Crippen LogP) is 1.49. The number of hydrazine groups is 1. The van der Waals surface area contributed by atoms with E-state index in [0.29, 0.717) is 5.84 Å². The van der Waals surface area contributed by atoms with Gasteiger partial charge in [-0.1, -0.05) is 11.6 Å². The number of aryl methyl sites for hydroxylation is 1. The maximum Gasteiger partial charge on any atom is 0.142 e. The normalized spacial score (nSPS) is 11.5. The third-order valence-corrected chi connectivity index (χ3v) is 2.22. The lowest BCUT2D eigenvalue weighted by Crippen LogP contribution is -2.30. The highest BCUT2D eigenvalue weighted by molar-refractivity contribution is 6.31. The summed E-state index contributed by atoms with van der Waals surface area (Å²) in [6, 6.07) is 5.64. The zero-order chi connectivity index (χ0) is 9.84. The first-order valence-corrected chi connectivity index (χ1v) is 4.26. The molecule has 70 valence electrons. The van der Waals surface area contributed by atoms with E-state index in [1.807, 2.05) is 25.1 Å². The highest BCUT2D eigenvalue weighted by atomic mass is 35.5. The Morgan fingerprint density at radius 3 is 2.69 bits per heavy atom. The molecule has 1 rings (SSSR count). The molecule has 1 aromatic rings. The van der Waals surface area contributed by atoms with Gasteiger partial charge in [-0.15, -0.1) is 0 Å². The van der Waals surface area contributed by atoms with Crippen LogP contribution in [0.5, 0.6) is 0 Å². The Hall–Kier alpha value is -1.06. The van der Waals surface area contributed by atoms with Crippen molar-refractivity contribution in [3.05, 3.63) is 34.3 Å². The van der Waals surface area contributed by atoms with E-state index < -0.39 is 0 Å². The van der Waals surface area contributed by atoms with E-state index >= 15 is 0 Å². The molecule has 0 spiro atoms. The van der Waals surface area contributed by atoms with Crippen molar-refractivity contribution in [2.24, 2.45) is 10.8 Å². The van der Waals surface area contributed by atoms with E-state index in [0.717, 1.165) is 16.1 Å². The summed E-state index contributed by atoms with van der Waals surface area (Å²) in [5.41, 5.74) is 4.47. The molecule has 0 aromatic heterocycles. The Morgan fingerprint density at radius 1 is 1.54 bits per heavy atom. The van der Waals surface area contributed by atoms with Crippen molar-refractivity contribution < 1.29 is 0 Å². The van der Waals surface area contributed by atoms with Crippen molar-refractivity contribution >= 4 is 17.4 Å². The first kappa shape index (κ1) is 10.0. The van der Waals surface area contributed by atoms with Crippen LogP contribution in [0.1, 0.15) is 11.1 Å². The molecule has 0 saturated heterocycles. The number of nitrogens with one attached hydrogen (secondary N) is 1. The Bertz CT molecular complexity index is 334. The number of nitrogens with two attached hydrogens (primary N) is 1. The van der Waals surface area contributed by atoms with Gasteiger partial charge in [0.25, 0.3) is 0 Å². The van der Waals surface area contributed by atoms with E-state index in [1.165, 1.54) is 0 Å².